The molecule has 23 heavy (non-hydrogen) atoms. The number of amides is 3. The van der Waals surface area contributed by atoms with Crippen LogP contribution in [0.25, 0.3) is 0 Å². The van der Waals surface area contributed by atoms with Crippen LogP contribution in [0.4, 0.5) is 10.5 Å². The average Bonchev–Trinajstić information content (AvgIpc) is 2.81. The fraction of sp³-hybridized carbons (Fsp3) is 0.500. The molecule has 0 aliphatic carbocycles. The van der Waals surface area contributed by atoms with Gasteiger partial charge in [0.1, 0.15) is 11.5 Å². The van der Waals surface area contributed by atoms with Gasteiger partial charge in [0.25, 0.3) is 0 Å². The van der Waals surface area contributed by atoms with Crippen molar-refractivity contribution in [2.45, 2.75) is 13.3 Å². The highest BCUT2D eigenvalue weighted by molar-refractivity contribution is 5.91. The first kappa shape index (κ1) is 16.9. The molecule has 1 aromatic rings. The number of hydrogen-bond acceptors (Lipinski definition) is 4. The zero-order valence-electron chi connectivity index (χ0n) is 13.8. The van der Waals surface area contributed by atoms with E-state index in [4.69, 9.17) is 9.47 Å². The summed E-state index contributed by atoms with van der Waals surface area (Å²) in [6.07, 6.45) is 0.766. The third-order valence-corrected chi connectivity index (χ3v) is 3.88. The first-order valence-corrected chi connectivity index (χ1v) is 7.58. The SMILES string of the molecule is COc1ccc(OC)c(NC(=O)N2CCCN(C(C)=O)CC2)c1. The van der Waals surface area contributed by atoms with Gasteiger partial charge in [0.05, 0.1) is 19.9 Å². The number of ether oxygens (including phenoxy) is 2. The van der Waals surface area contributed by atoms with Crippen molar-refractivity contribution in [3.63, 3.8) is 0 Å². The summed E-state index contributed by atoms with van der Waals surface area (Å²) in [7, 11) is 3.12. The third kappa shape index (κ3) is 4.28. The molecule has 0 spiro atoms. The molecule has 1 aliphatic rings. The van der Waals surface area contributed by atoms with Gasteiger partial charge >= 0.3 is 6.03 Å². The van der Waals surface area contributed by atoms with Crippen molar-refractivity contribution in [3.05, 3.63) is 18.2 Å². The van der Waals surface area contributed by atoms with Crippen molar-refractivity contribution in [2.24, 2.45) is 0 Å². The fourth-order valence-electron chi connectivity index (χ4n) is 2.54. The quantitative estimate of drug-likeness (QED) is 0.921. The van der Waals surface area contributed by atoms with Crippen molar-refractivity contribution in [2.75, 3.05) is 45.7 Å². The largest absolute Gasteiger partial charge is 0.497 e. The first-order valence-electron chi connectivity index (χ1n) is 7.58. The molecule has 1 aliphatic heterocycles. The Kier molecular flexibility index (Phi) is 5.67. The molecule has 1 N–H and O–H groups in total. The van der Waals surface area contributed by atoms with Gasteiger partial charge in [0.15, 0.2) is 0 Å². The molecule has 3 amide bonds. The molecule has 0 aromatic heterocycles. The molecule has 1 fully saturated rings. The van der Waals surface area contributed by atoms with Crippen molar-refractivity contribution >= 4 is 17.6 Å². The molecule has 7 heteroatoms. The Labute approximate surface area is 136 Å². The topological polar surface area (TPSA) is 71.1 Å². The lowest BCUT2D eigenvalue weighted by atomic mass is 10.2. The number of rotatable bonds is 3. The van der Waals surface area contributed by atoms with E-state index in [0.717, 1.165) is 6.42 Å². The van der Waals surface area contributed by atoms with Crippen molar-refractivity contribution in [1.82, 2.24) is 9.80 Å². The molecule has 7 nitrogen and oxygen atoms in total. The van der Waals surface area contributed by atoms with E-state index in [0.29, 0.717) is 43.4 Å². The zero-order chi connectivity index (χ0) is 16.8. The molecule has 0 unspecified atom stereocenters. The van der Waals surface area contributed by atoms with Crippen LogP contribution < -0.4 is 14.8 Å². The standard InChI is InChI=1S/C16H23N3O4/c1-12(20)18-7-4-8-19(10-9-18)16(21)17-14-11-13(22-2)5-6-15(14)23-3/h5-6,11H,4,7-10H2,1-3H3,(H,17,21). The van der Waals surface area contributed by atoms with Gasteiger partial charge in [0.2, 0.25) is 5.91 Å². The summed E-state index contributed by atoms with van der Waals surface area (Å²) < 4.78 is 10.4. The summed E-state index contributed by atoms with van der Waals surface area (Å²) >= 11 is 0. The number of methoxy groups -OCH3 is 2. The zero-order valence-corrected chi connectivity index (χ0v) is 13.8. The summed E-state index contributed by atoms with van der Waals surface area (Å²) in [5, 5.41) is 2.86. The normalized spacial score (nSPS) is 14.9. The molecular formula is C16H23N3O4. The summed E-state index contributed by atoms with van der Waals surface area (Å²) in [5.41, 5.74) is 0.560. The molecule has 0 saturated carbocycles. The van der Waals surface area contributed by atoms with Crippen LogP contribution in [0.2, 0.25) is 0 Å². The molecule has 0 radical (unpaired) electrons. The van der Waals surface area contributed by atoms with Crippen molar-refractivity contribution in [3.8, 4) is 11.5 Å². The van der Waals surface area contributed by atoms with E-state index in [-0.39, 0.29) is 11.9 Å². The van der Waals surface area contributed by atoms with E-state index in [9.17, 15) is 9.59 Å². The van der Waals surface area contributed by atoms with Gasteiger partial charge in [-0.1, -0.05) is 0 Å². The lowest BCUT2D eigenvalue weighted by Gasteiger charge is -2.22. The van der Waals surface area contributed by atoms with E-state index in [1.165, 1.54) is 0 Å². The summed E-state index contributed by atoms with van der Waals surface area (Å²) in [6, 6.07) is 5.03. The fourth-order valence-corrected chi connectivity index (χ4v) is 2.54. The Morgan fingerprint density at radius 2 is 1.74 bits per heavy atom. The molecule has 0 atom stereocenters. The van der Waals surface area contributed by atoms with Gasteiger partial charge in [-0.3, -0.25) is 4.79 Å². The number of urea groups is 1. The number of nitrogens with zero attached hydrogens (tertiary/aromatic N) is 2. The van der Waals surface area contributed by atoms with E-state index < -0.39 is 0 Å². The molecule has 1 saturated heterocycles. The van der Waals surface area contributed by atoms with Gasteiger partial charge in [-0.2, -0.15) is 0 Å². The molecule has 126 valence electrons. The summed E-state index contributed by atoms with van der Waals surface area (Å²) in [6.45, 7) is 3.91. The van der Waals surface area contributed by atoms with Crippen LogP contribution in [0, 0.1) is 0 Å². The average molecular weight is 321 g/mol. The van der Waals surface area contributed by atoms with E-state index in [1.54, 1.807) is 49.1 Å². The minimum atomic E-state index is -0.207. The first-order chi connectivity index (χ1) is 11.0. The van der Waals surface area contributed by atoms with Crippen LogP contribution in [-0.2, 0) is 4.79 Å². The number of nitrogens with one attached hydrogen (secondary N) is 1. The predicted molar refractivity (Wildman–Crippen MR) is 87.0 cm³/mol. The van der Waals surface area contributed by atoms with Crippen LogP contribution >= 0.6 is 0 Å². The third-order valence-electron chi connectivity index (χ3n) is 3.88. The number of carbonyl (C=O) groups is 2. The van der Waals surface area contributed by atoms with Gasteiger partial charge in [0, 0.05) is 39.2 Å². The van der Waals surface area contributed by atoms with Gasteiger partial charge < -0.3 is 24.6 Å². The van der Waals surface area contributed by atoms with Crippen molar-refractivity contribution in [1.29, 1.82) is 0 Å². The molecule has 2 rings (SSSR count). The molecule has 1 heterocycles. The Morgan fingerprint density at radius 1 is 1.04 bits per heavy atom. The van der Waals surface area contributed by atoms with Crippen LogP contribution in [0.1, 0.15) is 13.3 Å². The Balaban J connectivity index is 2.05. The highest BCUT2D eigenvalue weighted by atomic mass is 16.5. The monoisotopic (exact) mass is 321 g/mol. The maximum absolute atomic E-state index is 12.5. The van der Waals surface area contributed by atoms with Crippen LogP contribution in [0.5, 0.6) is 11.5 Å². The van der Waals surface area contributed by atoms with E-state index >= 15 is 0 Å². The van der Waals surface area contributed by atoms with Crippen molar-refractivity contribution < 1.29 is 19.1 Å². The number of anilines is 1. The molecule has 0 bridgehead atoms. The van der Waals surface area contributed by atoms with Crippen LogP contribution in [0.3, 0.4) is 0 Å². The van der Waals surface area contributed by atoms with E-state index in [1.807, 2.05) is 0 Å². The lowest BCUT2D eigenvalue weighted by Crippen LogP contribution is -2.38. The Hall–Kier alpha value is -2.44. The highest BCUT2D eigenvalue weighted by Gasteiger charge is 2.21. The number of benzene rings is 1. The number of carbonyl (C=O) groups excluding carboxylic acids is 2. The summed E-state index contributed by atoms with van der Waals surface area (Å²) in [4.78, 5) is 27.4. The second kappa shape index (κ2) is 7.71. The highest BCUT2D eigenvalue weighted by Crippen LogP contribution is 2.29. The van der Waals surface area contributed by atoms with E-state index in [2.05, 4.69) is 5.32 Å². The Morgan fingerprint density at radius 3 is 2.39 bits per heavy atom. The van der Waals surface area contributed by atoms with Crippen LogP contribution in [-0.4, -0.2) is 62.1 Å². The molecular weight excluding hydrogens is 298 g/mol. The lowest BCUT2D eigenvalue weighted by molar-refractivity contribution is -0.128. The second-order valence-electron chi connectivity index (χ2n) is 5.34. The summed E-state index contributed by atoms with van der Waals surface area (Å²) in [5.74, 6) is 1.25. The van der Waals surface area contributed by atoms with Gasteiger partial charge in [-0.15, -0.1) is 0 Å². The molecule has 1 aromatic carbocycles. The Bertz CT molecular complexity index is 576. The minimum Gasteiger partial charge on any atom is -0.497 e. The van der Waals surface area contributed by atoms with Crippen LogP contribution in [0.15, 0.2) is 18.2 Å². The second-order valence-corrected chi connectivity index (χ2v) is 5.34. The maximum Gasteiger partial charge on any atom is 0.322 e. The van der Waals surface area contributed by atoms with Gasteiger partial charge in [-0.25, -0.2) is 4.79 Å². The number of hydrogen-bond donors (Lipinski definition) is 1. The predicted octanol–water partition coefficient (Wildman–Crippen LogP) is 1.79. The smallest absolute Gasteiger partial charge is 0.322 e. The minimum absolute atomic E-state index is 0.0433. The maximum atomic E-state index is 12.5. The van der Waals surface area contributed by atoms with Gasteiger partial charge in [-0.05, 0) is 18.6 Å².